The fraction of sp³-hybridized carbons (Fsp3) is 0.400. The van der Waals surface area contributed by atoms with E-state index in [0.717, 1.165) is 0 Å². The van der Waals surface area contributed by atoms with Crippen molar-refractivity contribution in [1.82, 2.24) is 4.90 Å². The van der Waals surface area contributed by atoms with Gasteiger partial charge < -0.3 is 9.32 Å². The highest BCUT2D eigenvalue weighted by molar-refractivity contribution is 5.93. The smallest absolute Gasteiger partial charge is 0.257 e. The number of nitriles is 1. The Hall–Kier alpha value is -1.76. The lowest BCUT2D eigenvalue weighted by molar-refractivity contribution is 0.0745. The SMILES string of the molecule is CC(CC#N)N(C)C(=O)c1ccoc1. The van der Waals surface area contributed by atoms with Gasteiger partial charge in [-0.2, -0.15) is 5.26 Å². The number of hydrogen-bond donors (Lipinski definition) is 0. The molecule has 1 heterocycles. The van der Waals surface area contributed by atoms with E-state index in [1.807, 2.05) is 13.0 Å². The van der Waals surface area contributed by atoms with Gasteiger partial charge in [-0.3, -0.25) is 4.79 Å². The van der Waals surface area contributed by atoms with Crippen LogP contribution < -0.4 is 0 Å². The molecule has 0 spiro atoms. The molecule has 0 fully saturated rings. The van der Waals surface area contributed by atoms with E-state index >= 15 is 0 Å². The lowest BCUT2D eigenvalue weighted by Crippen LogP contribution is -2.34. The molecule has 1 atom stereocenters. The zero-order valence-electron chi connectivity index (χ0n) is 8.23. The Kier molecular flexibility index (Phi) is 3.29. The van der Waals surface area contributed by atoms with Crippen LogP contribution in [-0.2, 0) is 0 Å². The average molecular weight is 192 g/mol. The maximum absolute atomic E-state index is 11.7. The highest BCUT2D eigenvalue weighted by Crippen LogP contribution is 2.08. The molecule has 74 valence electrons. The summed E-state index contributed by atoms with van der Waals surface area (Å²) in [5.74, 6) is -0.124. The van der Waals surface area contributed by atoms with E-state index in [-0.39, 0.29) is 11.9 Å². The Labute approximate surface area is 82.7 Å². The lowest BCUT2D eigenvalue weighted by atomic mass is 10.2. The Balaban J connectivity index is 2.67. The summed E-state index contributed by atoms with van der Waals surface area (Å²) in [6.45, 7) is 1.83. The highest BCUT2D eigenvalue weighted by Gasteiger charge is 2.17. The summed E-state index contributed by atoms with van der Waals surface area (Å²) in [6.07, 6.45) is 3.19. The first-order valence-corrected chi connectivity index (χ1v) is 4.33. The molecular weight excluding hydrogens is 180 g/mol. The van der Waals surface area contributed by atoms with E-state index in [4.69, 9.17) is 9.68 Å². The van der Waals surface area contributed by atoms with Crippen LogP contribution in [0.3, 0.4) is 0 Å². The molecule has 0 saturated heterocycles. The summed E-state index contributed by atoms with van der Waals surface area (Å²) in [5.41, 5.74) is 0.511. The number of carbonyl (C=O) groups is 1. The van der Waals surface area contributed by atoms with Gasteiger partial charge in [0, 0.05) is 13.1 Å². The Bertz CT molecular complexity index is 338. The zero-order chi connectivity index (χ0) is 10.6. The van der Waals surface area contributed by atoms with Gasteiger partial charge >= 0.3 is 0 Å². The largest absolute Gasteiger partial charge is 0.472 e. The standard InChI is InChI=1S/C10H12N2O2/c1-8(3-5-11)12(2)10(13)9-4-6-14-7-9/h4,6-8H,3H2,1-2H3. The number of carbonyl (C=O) groups excluding carboxylic acids is 1. The molecule has 0 aromatic carbocycles. The van der Waals surface area contributed by atoms with Gasteiger partial charge in [0.1, 0.15) is 6.26 Å². The first-order chi connectivity index (χ1) is 6.66. The Morgan fingerprint density at radius 3 is 3.00 bits per heavy atom. The second-order valence-electron chi connectivity index (χ2n) is 3.14. The number of hydrogen-bond acceptors (Lipinski definition) is 3. The van der Waals surface area contributed by atoms with Crippen LogP contribution >= 0.6 is 0 Å². The second-order valence-corrected chi connectivity index (χ2v) is 3.14. The minimum atomic E-state index is -0.124. The number of amides is 1. The van der Waals surface area contributed by atoms with Gasteiger partial charge in [0.2, 0.25) is 0 Å². The molecule has 14 heavy (non-hydrogen) atoms. The molecule has 0 aliphatic rings. The quantitative estimate of drug-likeness (QED) is 0.731. The molecule has 0 saturated carbocycles. The summed E-state index contributed by atoms with van der Waals surface area (Å²) in [4.78, 5) is 13.2. The van der Waals surface area contributed by atoms with Crippen molar-refractivity contribution in [3.05, 3.63) is 24.2 Å². The van der Waals surface area contributed by atoms with Gasteiger partial charge in [0.05, 0.1) is 24.3 Å². The van der Waals surface area contributed by atoms with Gasteiger partial charge in [0.15, 0.2) is 0 Å². The zero-order valence-corrected chi connectivity index (χ0v) is 8.23. The van der Waals surface area contributed by atoms with E-state index in [1.54, 1.807) is 13.1 Å². The first kappa shape index (κ1) is 10.3. The van der Waals surface area contributed by atoms with Crippen molar-refractivity contribution in [2.75, 3.05) is 7.05 Å². The third kappa shape index (κ3) is 2.13. The molecular formula is C10H12N2O2. The summed E-state index contributed by atoms with van der Waals surface area (Å²) in [5, 5.41) is 8.49. The fourth-order valence-corrected chi connectivity index (χ4v) is 1.06. The van der Waals surface area contributed by atoms with Crippen LogP contribution in [0.4, 0.5) is 0 Å². The van der Waals surface area contributed by atoms with Crippen LogP contribution in [0.1, 0.15) is 23.7 Å². The molecule has 1 aromatic heterocycles. The summed E-state index contributed by atoms with van der Waals surface area (Å²) >= 11 is 0. The van der Waals surface area contributed by atoms with Crippen LogP contribution in [-0.4, -0.2) is 23.9 Å². The molecule has 0 bridgehead atoms. The van der Waals surface area contributed by atoms with Crippen LogP contribution in [0.2, 0.25) is 0 Å². The summed E-state index contributed by atoms with van der Waals surface area (Å²) < 4.78 is 4.81. The van der Waals surface area contributed by atoms with Crippen molar-refractivity contribution in [2.45, 2.75) is 19.4 Å². The van der Waals surface area contributed by atoms with Crippen molar-refractivity contribution in [2.24, 2.45) is 0 Å². The van der Waals surface area contributed by atoms with Gasteiger partial charge in [-0.15, -0.1) is 0 Å². The molecule has 1 unspecified atom stereocenters. The van der Waals surface area contributed by atoms with Gasteiger partial charge in [-0.1, -0.05) is 0 Å². The molecule has 1 aromatic rings. The third-order valence-electron chi connectivity index (χ3n) is 2.14. The number of furan rings is 1. The Morgan fingerprint density at radius 2 is 2.50 bits per heavy atom. The van der Waals surface area contributed by atoms with Crippen LogP contribution in [0.25, 0.3) is 0 Å². The third-order valence-corrected chi connectivity index (χ3v) is 2.14. The predicted molar refractivity (Wildman–Crippen MR) is 50.5 cm³/mol. The van der Waals surface area contributed by atoms with Crippen LogP contribution in [0, 0.1) is 11.3 Å². The minimum Gasteiger partial charge on any atom is -0.472 e. The molecule has 0 radical (unpaired) electrons. The normalized spacial score (nSPS) is 11.8. The van der Waals surface area contributed by atoms with Gasteiger partial charge in [-0.25, -0.2) is 0 Å². The van der Waals surface area contributed by atoms with E-state index < -0.39 is 0 Å². The van der Waals surface area contributed by atoms with Crippen molar-refractivity contribution in [3.63, 3.8) is 0 Å². The average Bonchev–Trinajstić information content (AvgIpc) is 2.68. The molecule has 0 N–H and O–H groups in total. The maximum atomic E-state index is 11.7. The molecule has 1 amide bonds. The van der Waals surface area contributed by atoms with Crippen LogP contribution in [0.15, 0.2) is 23.0 Å². The predicted octanol–water partition coefficient (Wildman–Crippen LogP) is 1.65. The monoisotopic (exact) mass is 192 g/mol. The Morgan fingerprint density at radius 1 is 1.79 bits per heavy atom. The van der Waals surface area contributed by atoms with E-state index in [1.165, 1.54) is 17.4 Å². The molecule has 4 nitrogen and oxygen atoms in total. The van der Waals surface area contributed by atoms with E-state index in [9.17, 15) is 4.79 Å². The first-order valence-electron chi connectivity index (χ1n) is 4.33. The summed E-state index contributed by atoms with van der Waals surface area (Å²) in [6, 6.07) is 3.56. The molecule has 4 heteroatoms. The second kappa shape index (κ2) is 4.47. The maximum Gasteiger partial charge on any atom is 0.257 e. The van der Waals surface area contributed by atoms with Crippen molar-refractivity contribution >= 4 is 5.91 Å². The fourth-order valence-electron chi connectivity index (χ4n) is 1.06. The molecule has 0 aliphatic carbocycles. The van der Waals surface area contributed by atoms with Crippen molar-refractivity contribution in [3.8, 4) is 6.07 Å². The number of rotatable bonds is 3. The summed E-state index contributed by atoms with van der Waals surface area (Å²) in [7, 11) is 1.68. The minimum absolute atomic E-state index is 0.0811. The van der Waals surface area contributed by atoms with E-state index in [2.05, 4.69) is 0 Å². The molecule has 0 aliphatic heterocycles. The number of nitrogens with zero attached hydrogens (tertiary/aromatic N) is 2. The van der Waals surface area contributed by atoms with Crippen LogP contribution in [0.5, 0.6) is 0 Å². The van der Waals surface area contributed by atoms with Crippen molar-refractivity contribution in [1.29, 1.82) is 5.26 Å². The van der Waals surface area contributed by atoms with E-state index in [0.29, 0.717) is 12.0 Å². The van der Waals surface area contributed by atoms with Crippen molar-refractivity contribution < 1.29 is 9.21 Å². The molecule has 1 rings (SSSR count). The van der Waals surface area contributed by atoms with Gasteiger partial charge in [0.25, 0.3) is 5.91 Å². The van der Waals surface area contributed by atoms with Gasteiger partial charge in [-0.05, 0) is 13.0 Å². The lowest BCUT2D eigenvalue weighted by Gasteiger charge is -2.21. The topological polar surface area (TPSA) is 57.2 Å². The highest BCUT2D eigenvalue weighted by atomic mass is 16.3.